The average molecular weight is 351 g/mol. The molecule has 1 saturated heterocycles. The van der Waals surface area contributed by atoms with Crippen molar-refractivity contribution in [3.8, 4) is 0 Å². The van der Waals surface area contributed by atoms with Gasteiger partial charge in [0.2, 0.25) is 5.91 Å². The number of alkyl carbamates (subject to hydrolysis) is 1. The van der Waals surface area contributed by atoms with Crippen LogP contribution in [0.3, 0.4) is 0 Å². The molecule has 0 aromatic heterocycles. The third kappa shape index (κ3) is 7.43. The fourth-order valence-corrected chi connectivity index (χ4v) is 2.39. The number of nitrogens with two attached hydrogens (primary N) is 1. The molecule has 0 unspecified atom stereocenters. The lowest BCUT2D eigenvalue weighted by atomic mass is 10.0. The average Bonchev–Trinajstić information content (AvgIpc) is 2.51. The molecule has 0 bridgehead atoms. The van der Waals surface area contributed by atoms with E-state index in [1.165, 1.54) is 0 Å². The number of nitrogens with one attached hydrogen (secondary N) is 1. The van der Waals surface area contributed by atoms with Gasteiger partial charge in [0.1, 0.15) is 12.1 Å². The number of carbonyl (C=O) groups excluding carboxylic acids is 2. The van der Waals surface area contributed by atoms with Crippen LogP contribution in [0.4, 0.5) is 4.79 Å². The molecule has 25 heavy (non-hydrogen) atoms. The standard InChI is InChI=1S/C18H29N3O4/c1-13(2)10-15(11-14(3)19)12-25-17(23)20-18(4,5)16(22)21-6-8-24-9-7-21/h10-11H,1,6-9,12,19H2,2-5H3,(H,20,23)/b14-11-,15-10+. The van der Waals surface area contributed by atoms with E-state index in [2.05, 4.69) is 11.9 Å². The number of nitrogens with zero attached hydrogens (tertiary/aromatic N) is 1. The lowest BCUT2D eigenvalue weighted by molar-refractivity contribution is -0.141. The van der Waals surface area contributed by atoms with Gasteiger partial charge >= 0.3 is 6.09 Å². The molecule has 0 saturated carbocycles. The summed E-state index contributed by atoms with van der Waals surface area (Å²) < 4.78 is 10.5. The fraction of sp³-hybridized carbons (Fsp3) is 0.556. The Hall–Kier alpha value is -2.28. The van der Waals surface area contributed by atoms with E-state index in [-0.39, 0.29) is 12.5 Å². The van der Waals surface area contributed by atoms with Gasteiger partial charge in [-0.2, -0.15) is 0 Å². The molecule has 0 spiro atoms. The summed E-state index contributed by atoms with van der Waals surface area (Å²) in [7, 11) is 0. The molecule has 0 atom stereocenters. The molecule has 0 aromatic carbocycles. The third-order valence-electron chi connectivity index (χ3n) is 3.46. The van der Waals surface area contributed by atoms with E-state index in [1.54, 1.807) is 37.8 Å². The lowest BCUT2D eigenvalue weighted by Gasteiger charge is -2.34. The van der Waals surface area contributed by atoms with Gasteiger partial charge in [0.25, 0.3) is 0 Å². The van der Waals surface area contributed by atoms with Crippen molar-refractivity contribution in [2.45, 2.75) is 33.2 Å². The summed E-state index contributed by atoms with van der Waals surface area (Å²) in [6.07, 6.45) is 2.84. The largest absolute Gasteiger partial charge is 0.445 e. The van der Waals surface area contributed by atoms with Gasteiger partial charge in [-0.05, 0) is 39.3 Å². The summed E-state index contributed by atoms with van der Waals surface area (Å²) in [5, 5.41) is 2.62. The molecule has 1 fully saturated rings. The normalized spacial score (nSPS) is 16.4. The monoisotopic (exact) mass is 351 g/mol. The highest BCUT2D eigenvalue weighted by Crippen LogP contribution is 2.11. The van der Waals surface area contributed by atoms with Crippen LogP contribution in [0.5, 0.6) is 0 Å². The Morgan fingerprint density at radius 2 is 1.88 bits per heavy atom. The van der Waals surface area contributed by atoms with E-state index >= 15 is 0 Å². The Balaban J connectivity index is 2.62. The molecule has 0 radical (unpaired) electrons. The second-order valence-corrected chi connectivity index (χ2v) is 6.68. The quantitative estimate of drug-likeness (QED) is 0.711. The summed E-state index contributed by atoms with van der Waals surface area (Å²) in [6, 6.07) is 0. The van der Waals surface area contributed by atoms with Gasteiger partial charge in [-0.3, -0.25) is 4.79 Å². The number of carbonyl (C=O) groups is 2. The van der Waals surface area contributed by atoms with Crippen LogP contribution < -0.4 is 11.1 Å². The van der Waals surface area contributed by atoms with Crippen molar-refractivity contribution in [2.24, 2.45) is 5.73 Å². The molecule has 2 amide bonds. The Kier molecular flexibility index (Phi) is 7.70. The molecule has 1 aliphatic heterocycles. The van der Waals surface area contributed by atoms with Crippen molar-refractivity contribution in [2.75, 3.05) is 32.9 Å². The maximum atomic E-state index is 12.5. The predicted octanol–water partition coefficient (Wildman–Crippen LogP) is 1.71. The van der Waals surface area contributed by atoms with Crippen molar-refractivity contribution in [3.05, 3.63) is 35.6 Å². The number of amides is 2. The molecule has 0 aromatic rings. The zero-order valence-electron chi connectivity index (χ0n) is 15.6. The second-order valence-electron chi connectivity index (χ2n) is 6.68. The third-order valence-corrected chi connectivity index (χ3v) is 3.46. The van der Waals surface area contributed by atoms with Crippen molar-refractivity contribution >= 4 is 12.0 Å². The van der Waals surface area contributed by atoms with Crippen molar-refractivity contribution < 1.29 is 19.1 Å². The zero-order chi connectivity index (χ0) is 19.0. The van der Waals surface area contributed by atoms with E-state index < -0.39 is 11.6 Å². The minimum absolute atomic E-state index is 0.0368. The first-order valence-corrected chi connectivity index (χ1v) is 8.23. The van der Waals surface area contributed by atoms with Gasteiger partial charge in [0, 0.05) is 18.8 Å². The molecule has 140 valence electrons. The van der Waals surface area contributed by atoms with E-state index in [9.17, 15) is 9.59 Å². The Bertz CT molecular complexity index is 569. The summed E-state index contributed by atoms with van der Waals surface area (Å²) in [5.41, 5.74) is 6.75. The van der Waals surface area contributed by atoms with Crippen LogP contribution in [0.2, 0.25) is 0 Å². The van der Waals surface area contributed by atoms with Crippen LogP contribution in [0.25, 0.3) is 0 Å². The van der Waals surface area contributed by atoms with Crippen LogP contribution in [0.1, 0.15) is 27.7 Å². The van der Waals surface area contributed by atoms with E-state index in [1.807, 2.05) is 6.92 Å². The SMILES string of the molecule is C=C(C)/C=C(\C=C(\C)N)COC(=O)NC(C)(C)C(=O)N1CCOCC1. The summed E-state index contributed by atoms with van der Waals surface area (Å²) in [4.78, 5) is 26.3. The second kappa shape index (κ2) is 9.27. The van der Waals surface area contributed by atoms with Crippen molar-refractivity contribution in [3.63, 3.8) is 0 Å². The molecule has 1 rings (SSSR count). The number of morpholine rings is 1. The predicted molar refractivity (Wildman–Crippen MR) is 96.8 cm³/mol. The highest BCUT2D eigenvalue weighted by atomic mass is 16.5. The minimum Gasteiger partial charge on any atom is -0.445 e. The smallest absolute Gasteiger partial charge is 0.408 e. The topological polar surface area (TPSA) is 93.9 Å². The van der Waals surface area contributed by atoms with Gasteiger partial charge in [-0.25, -0.2) is 4.79 Å². The van der Waals surface area contributed by atoms with Gasteiger partial charge in [0.05, 0.1) is 13.2 Å². The zero-order valence-corrected chi connectivity index (χ0v) is 15.6. The van der Waals surface area contributed by atoms with Crippen LogP contribution in [-0.4, -0.2) is 55.3 Å². The van der Waals surface area contributed by atoms with Crippen LogP contribution >= 0.6 is 0 Å². The van der Waals surface area contributed by atoms with Crippen LogP contribution in [0, 0.1) is 0 Å². The summed E-state index contributed by atoms with van der Waals surface area (Å²) >= 11 is 0. The Labute approximate surface area is 149 Å². The molecule has 7 heteroatoms. The highest BCUT2D eigenvalue weighted by molar-refractivity contribution is 5.89. The molecule has 1 heterocycles. The number of rotatable bonds is 6. The van der Waals surface area contributed by atoms with Gasteiger partial charge < -0.3 is 25.4 Å². The van der Waals surface area contributed by atoms with Crippen molar-refractivity contribution in [1.82, 2.24) is 10.2 Å². The lowest BCUT2D eigenvalue weighted by Crippen LogP contribution is -2.58. The first-order valence-electron chi connectivity index (χ1n) is 8.23. The molecule has 0 aliphatic carbocycles. The summed E-state index contributed by atoms with van der Waals surface area (Å²) in [6.45, 7) is 12.8. The first kappa shape index (κ1) is 20.8. The van der Waals surface area contributed by atoms with Crippen LogP contribution in [0.15, 0.2) is 35.6 Å². The molecular weight excluding hydrogens is 322 g/mol. The summed E-state index contributed by atoms with van der Waals surface area (Å²) in [5.74, 6) is -0.164. The molecular formula is C18H29N3O4. The Morgan fingerprint density at radius 1 is 1.28 bits per heavy atom. The highest BCUT2D eigenvalue weighted by Gasteiger charge is 2.34. The van der Waals surface area contributed by atoms with E-state index in [0.29, 0.717) is 32.0 Å². The Morgan fingerprint density at radius 3 is 2.40 bits per heavy atom. The number of hydrogen-bond donors (Lipinski definition) is 2. The number of ether oxygens (including phenoxy) is 2. The molecule has 1 aliphatic rings. The molecule has 7 nitrogen and oxygen atoms in total. The fourth-order valence-electron chi connectivity index (χ4n) is 2.39. The molecule has 3 N–H and O–H groups in total. The van der Waals surface area contributed by atoms with Crippen molar-refractivity contribution in [1.29, 1.82) is 0 Å². The number of hydrogen-bond acceptors (Lipinski definition) is 5. The van der Waals surface area contributed by atoms with Gasteiger partial charge in [0.15, 0.2) is 0 Å². The minimum atomic E-state index is -1.06. The first-order chi connectivity index (χ1) is 11.6. The van der Waals surface area contributed by atoms with Gasteiger partial charge in [-0.15, -0.1) is 0 Å². The van der Waals surface area contributed by atoms with Gasteiger partial charge in [-0.1, -0.05) is 18.2 Å². The van der Waals surface area contributed by atoms with E-state index in [4.69, 9.17) is 15.2 Å². The maximum absolute atomic E-state index is 12.5. The van der Waals surface area contributed by atoms with E-state index in [0.717, 1.165) is 11.1 Å². The maximum Gasteiger partial charge on any atom is 0.408 e. The number of allylic oxidation sites excluding steroid dienone is 3. The van der Waals surface area contributed by atoms with Crippen LogP contribution in [-0.2, 0) is 14.3 Å².